The third-order valence-corrected chi connectivity index (χ3v) is 8.37. The summed E-state index contributed by atoms with van der Waals surface area (Å²) in [6.07, 6.45) is 0. The van der Waals surface area contributed by atoms with Gasteiger partial charge in [-0.2, -0.15) is 8.42 Å². The lowest BCUT2D eigenvalue weighted by Crippen LogP contribution is -2.52. The van der Waals surface area contributed by atoms with E-state index in [1.54, 1.807) is 37.3 Å². The molecule has 1 amide bonds. The molecule has 214 valence electrons. The van der Waals surface area contributed by atoms with Gasteiger partial charge in [-0.3, -0.25) is 4.79 Å². The van der Waals surface area contributed by atoms with E-state index in [0.717, 1.165) is 11.3 Å². The van der Waals surface area contributed by atoms with Crippen molar-refractivity contribution >= 4 is 27.4 Å². The van der Waals surface area contributed by atoms with Gasteiger partial charge >= 0.3 is 10.1 Å². The maximum Gasteiger partial charge on any atom is 0.309 e. The number of fused-ring (bicyclic) bond motifs is 1. The Bertz CT molecular complexity index is 1530. The summed E-state index contributed by atoms with van der Waals surface area (Å²) >= 11 is 0. The van der Waals surface area contributed by atoms with Crippen LogP contribution in [0.1, 0.15) is 44.9 Å². The molecule has 1 unspecified atom stereocenters. The Labute approximate surface area is 236 Å². The van der Waals surface area contributed by atoms with E-state index in [1.807, 2.05) is 64.1 Å². The second kappa shape index (κ2) is 11.0. The first-order valence-corrected chi connectivity index (χ1v) is 14.6. The van der Waals surface area contributed by atoms with Crippen LogP contribution in [-0.2, 0) is 14.9 Å². The number of benzene rings is 3. The predicted octanol–water partition coefficient (Wildman–Crippen LogP) is 4.95. The molecule has 1 atom stereocenters. The highest BCUT2D eigenvalue weighted by Crippen LogP contribution is 2.48. The maximum atomic E-state index is 13.4. The minimum absolute atomic E-state index is 0.0843. The molecule has 0 aliphatic carbocycles. The normalized spacial score (nSPS) is 15.3. The Morgan fingerprint density at radius 1 is 0.975 bits per heavy atom. The van der Waals surface area contributed by atoms with Crippen molar-refractivity contribution in [2.45, 2.75) is 39.3 Å². The van der Waals surface area contributed by atoms with Crippen LogP contribution in [0.5, 0.6) is 17.2 Å². The predicted molar refractivity (Wildman–Crippen MR) is 158 cm³/mol. The fraction of sp³-hybridized carbons (Fsp3) is 0.367. The highest BCUT2D eigenvalue weighted by molar-refractivity contribution is 7.87. The summed E-state index contributed by atoms with van der Waals surface area (Å²) in [5, 5.41) is 3.35. The minimum Gasteiger partial charge on any atom is -0.496 e. The monoisotopic (exact) mass is 567 g/mol. The van der Waals surface area contributed by atoms with Crippen LogP contribution in [0.15, 0.2) is 54.6 Å². The van der Waals surface area contributed by atoms with E-state index in [0.29, 0.717) is 33.9 Å². The number of nitrogens with one attached hydrogen (secondary N) is 1. The molecule has 4 rings (SSSR count). The van der Waals surface area contributed by atoms with E-state index in [1.165, 1.54) is 7.11 Å². The lowest BCUT2D eigenvalue weighted by atomic mass is 9.86. The topological polar surface area (TPSA) is 120 Å². The van der Waals surface area contributed by atoms with Crippen LogP contribution in [0.2, 0.25) is 0 Å². The Morgan fingerprint density at radius 3 is 2.27 bits per heavy atom. The highest BCUT2D eigenvalue weighted by atomic mass is 32.2. The summed E-state index contributed by atoms with van der Waals surface area (Å²) in [6, 6.07) is 15.5. The Kier molecular flexibility index (Phi) is 8.05. The largest absolute Gasteiger partial charge is 0.496 e. The average molecular weight is 568 g/mol. The van der Waals surface area contributed by atoms with Crippen molar-refractivity contribution in [1.82, 2.24) is 0 Å². The average Bonchev–Trinajstić information content (AvgIpc) is 2.89. The number of methoxy groups -OCH3 is 2. The van der Waals surface area contributed by atoms with Crippen molar-refractivity contribution in [3.05, 3.63) is 65.7 Å². The van der Waals surface area contributed by atoms with Crippen LogP contribution in [0.4, 0.5) is 11.4 Å². The lowest BCUT2D eigenvalue weighted by molar-refractivity contribution is -0.121. The standard InChI is InChI=1S/C30H37N3O6S/c1-18(2)17-40(35,36)39-19-12-13-20(25(16-19)38-7)21-14-15-23-28(33(5)29(34)30(3,4)32-23)26(21)27(31)22-10-8-9-11-24(22)37-6/h8-16,18,27,32H,17,31H2,1-7H3. The van der Waals surface area contributed by atoms with Crippen molar-refractivity contribution in [2.24, 2.45) is 11.7 Å². The Hall–Kier alpha value is -3.76. The molecular weight excluding hydrogens is 530 g/mol. The van der Waals surface area contributed by atoms with E-state index >= 15 is 0 Å². The molecule has 0 aromatic heterocycles. The Morgan fingerprint density at radius 2 is 1.62 bits per heavy atom. The van der Waals surface area contributed by atoms with Crippen molar-refractivity contribution in [2.75, 3.05) is 37.2 Å². The van der Waals surface area contributed by atoms with Gasteiger partial charge in [0, 0.05) is 29.8 Å². The van der Waals surface area contributed by atoms with E-state index in [4.69, 9.17) is 19.4 Å². The number of ether oxygens (including phenoxy) is 2. The number of para-hydroxylation sites is 1. The third-order valence-electron chi connectivity index (χ3n) is 6.85. The third kappa shape index (κ3) is 5.59. The molecule has 3 aromatic rings. The molecule has 10 heteroatoms. The molecular formula is C30H37N3O6S. The number of likely N-dealkylation sites (N-methyl/N-ethyl adjacent to an activating group) is 1. The molecule has 0 saturated carbocycles. The Balaban J connectivity index is 1.94. The van der Waals surface area contributed by atoms with Gasteiger partial charge in [0.25, 0.3) is 5.91 Å². The highest BCUT2D eigenvalue weighted by Gasteiger charge is 2.40. The molecule has 0 radical (unpaired) electrons. The minimum atomic E-state index is -3.78. The zero-order valence-corrected chi connectivity index (χ0v) is 24.8. The van der Waals surface area contributed by atoms with Crippen LogP contribution in [-0.4, -0.2) is 46.9 Å². The van der Waals surface area contributed by atoms with Crippen molar-refractivity contribution in [3.8, 4) is 28.4 Å². The second-order valence-corrected chi connectivity index (χ2v) is 12.4. The summed E-state index contributed by atoms with van der Waals surface area (Å²) in [6.45, 7) is 7.28. The van der Waals surface area contributed by atoms with Gasteiger partial charge in [-0.25, -0.2) is 0 Å². The maximum absolute atomic E-state index is 13.4. The van der Waals surface area contributed by atoms with Crippen LogP contribution in [0.3, 0.4) is 0 Å². The van der Waals surface area contributed by atoms with Gasteiger partial charge in [0.1, 0.15) is 22.8 Å². The number of anilines is 2. The van der Waals surface area contributed by atoms with Gasteiger partial charge in [0.2, 0.25) is 0 Å². The first-order chi connectivity index (χ1) is 18.8. The number of hydrogen-bond donors (Lipinski definition) is 2. The summed E-state index contributed by atoms with van der Waals surface area (Å²) < 4.78 is 41.6. The van der Waals surface area contributed by atoms with Crippen molar-refractivity contribution in [3.63, 3.8) is 0 Å². The number of carbonyl (C=O) groups excluding carboxylic acids is 1. The first-order valence-electron chi connectivity index (χ1n) is 13.0. The van der Waals surface area contributed by atoms with Crippen molar-refractivity contribution < 1.29 is 26.9 Å². The summed E-state index contributed by atoms with van der Waals surface area (Å²) in [5.74, 6) is 0.844. The summed E-state index contributed by atoms with van der Waals surface area (Å²) in [7, 11) is 1.04. The van der Waals surface area contributed by atoms with Crippen LogP contribution in [0, 0.1) is 5.92 Å². The quantitative estimate of drug-likeness (QED) is 0.349. The number of nitrogens with zero attached hydrogens (tertiary/aromatic N) is 1. The van der Waals surface area contributed by atoms with E-state index in [-0.39, 0.29) is 23.3 Å². The number of amides is 1. The molecule has 0 bridgehead atoms. The molecule has 3 aromatic carbocycles. The van der Waals surface area contributed by atoms with Crippen LogP contribution >= 0.6 is 0 Å². The number of carbonyl (C=O) groups is 1. The fourth-order valence-electron chi connectivity index (χ4n) is 5.14. The molecule has 3 N–H and O–H groups in total. The van der Waals surface area contributed by atoms with Gasteiger partial charge in [-0.05, 0) is 49.6 Å². The summed E-state index contributed by atoms with van der Waals surface area (Å²) in [4.78, 5) is 15.0. The SMILES string of the molecule is COc1cc(OS(=O)(=O)CC(C)C)ccc1-c1ccc2c(c1C(N)c1ccccc1OC)N(C)C(=O)C(C)(C)N2. The van der Waals surface area contributed by atoms with Gasteiger partial charge in [-0.1, -0.05) is 38.1 Å². The van der Waals surface area contributed by atoms with Gasteiger partial charge in [0.05, 0.1) is 37.4 Å². The van der Waals surface area contributed by atoms with Gasteiger partial charge < -0.3 is 29.6 Å². The molecule has 9 nitrogen and oxygen atoms in total. The van der Waals surface area contributed by atoms with E-state index in [9.17, 15) is 13.2 Å². The zero-order valence-electron chi connectivity index (χ0n) is 23.9. The van der Waals surface area contributed by atoms with E-state index in [2.05, 4.69) is 5.32 Å². The molecule has 1 aliphatic rings. The lowest BCUT2D eigenvalue weighted by Gasteiger charge is -2.40. The second-order valence-electron chi connectivity index (χ2n) is 10.8. The van der Waals surface area contributed by atoms with Crippen LogP contribution < -0.4 is 29.6 Å². The number of hydrogen-bond acceptors (Lipinski definition) is 8. The molecule has 1 aliphatic heterocycles. The molecule has 40 heavy (non-hydrogen) atoms. The molecule has 0 saturated heterocycles. The molecule has 0 spiro atoms. The number of nitrogens with two attached hydrogens (primary N) is 1. The van der Waals surface area contributed by atoms with Crippen molar-refractivity contribution in [1.29, 1.82) is 0 Å². The van der Waals surface area contributed by atoms with Gasteiger partial charge in [0.15, 0.2) is 0 Å². The van der Waals surface area contributed by atoms with Gasteiger partial charge in [-0.15, -0.1) is 0 Å². The zero-order chi connectivity index (χ0) is 29.4. The fourth-order valence-corrected chi connectivity index (χ4v) is 6.43. The van der Waals surface area contributed by atoms with Crippen LogP contribution in [0.25, 0.3) is 11.1 Å². The number of rotatable bonds is 9. The summed E-state index contributed by atoms with van der Waals surface area (Å²) in [5.41, 5.74) is 10.4. The first kappa shape index (κ1) is 29.2. The molecule has 1 heterocycles. The smallest absolute Gasteiger partial charge is 0.309 e. The van der Waals surface area contributed by atoms with E-state index < -0.39 is 21.7 Å². The molecule has 0 fully saturated rings.